The summed E-state index contributed by atoms with van der Waals surface area (Å²) in [5.74, 6) is 0. The van der Waals surface area contributed by atoms with E-state index in [1.54, 1.807) is 9.00 Å². The summed E-state index contributed by atoms with van der Waals surface area (Å²) >= 11 is 5.89. The Labute approximate surface area is 153 Å². The van der Waals surface area contributed by atoms with Gasteiger partial charge in [0.15, 0.2) is 0 Å². The molecule has 0 spiro atoms. The highest BCUT2D eigenvalue weighted by molar-refractivity contribution is 7.31. The van der Waals surface area contributed by atoms with E-state index in [-0.39, 0.29) is 0 Å². The predicted molar refractivity (Wildman–Crippen MR) is 117 cm³/mol. The van der Waals surface area contributed by atoms with Crippen molar-refractivity contribution in [3.05, 3.63) is 35.7 Å². The molecule has 0 aliphatic heterocycles. The van der Waals surface area contributed by atoms with Gasteiger partial charge in [-0.25, -0.2) is 0 Å². The minimum absolute atomic E-state index is 1.21. The van der Waals surface area contributed by atoms with Crippen molar-refractivity contribution >= 4 is 59.2 Å². The van der Waals surface area contributed by atoms with Crippen LogP contribution in [0.15, 0.2) is 35.7 Å². The highest BCUT2D eigenvalue weighted by atomic mass is 32.1. The van der Waals surface area contributed by atoms with E-state index in [0.29, 0.717) is 0 Å². The molecule has 3 aromatic heterocycles. The lowest BCUT2D eigenvalue weighted by atomic mass is 10.2. The number of hydrogen-bond donors (Lipinski definition) is 0. The fourth-order valence-corrected chi connectivity index (χ4v) is 9.38. The first-order chi connectivity index (χ1) is 10.7. The van der Waals surface area contributed by atoms with Crippen molar-refractivity contribution < 1.29 is 0 Å². The SMILES string of the molecule is C[Si](C)(C)c1ccc(-c2ccsc2-c2ccc([Si](C)(C)C)s2)s1. The normalized spacial score (nSPS) is 12.8. The summed E-state index contributed by atoms with van der Waals surface area (Å²) in [7, 11) is -2.42. The Kier molecular flexibility index (Phi) is 4.62. The molecule has 23 heavy (non-hydrogen) atoms. The molecule has 122 valence electrons. The minimum atomic E-state index is -1.21. The van der Waals surface area contributed by atoms with Gasteiger partial charge in [-0.3, -0.25) is 0 Å². The molecule has 3 heterocycles. The molecule has 0 aromatic carbocycles. The zero-order valence-corrected chi connectivity index (χ0v) is 19.1. The first-order valence-corrected chi connectivity index (χ1v) is 17.5. The van der Waals surface area contributed by atoms with Gasteiger partial charge in [0.2, 0.25) is 0 Å². The molecule has 5 heteroatoms. The summed E-state index contributed by atoms with van der Waals surface area (Å²) in [6, 6.07) is 11.7. The van der Waals surface area contributed by atoms with Crippen molar-refractivity contribution in [3.8, 4) is 20.2 Å². The third-order valence-corrected chi connectivity index (χ3v) is 14.3. The largest absolute Gasteiger partial charge is 0.145 e. The summed E-state index contributed by atoms with van der Waals surface area (Å²) in [6.07, 6.45) is 0. The van der Waals surface area contributed by atoms with Crippen molar-refractivity contribution in [2.45, 2.75) is 39.3 Å². The molecule has 0 aliphatic carbocycles. The van der Waals surface area contributed by atoms with Gasteiger partial charge in [0.25, 0.3) is 0 Å². The monoisotopic (exact) mass is 392 g/mol. The van der Waals surface area contributed by atoms with Gasteiger partial charge in [0.05, 0.1) is 21.0 Å². The quantitative estimate of drug-likeness (QED) is 0.457. The van der Waals surface area contributed by atoms with Gasteiger partial charge in [-0.05, 0) is 32.6 Å². The number of thiophene rings is 3. The number of hydrogen-bond acceptors (Lipinski definition) is 3. The van der Waals surface area contributed by atoms with Crippen LogP contribution in [0.1, 0.15) is 0 Å². The van der Waals surface area contributed by atoms with Crippen molar-refractivity contribution in [2.24, 2.45) is 0 Å². The van der Waals surface area contributed by atoms with Crippen LogP contribution in [-0.2, 0) is 0 Å². The summed E-state index contributed by atoms with van der Waals surface area (Å²) in [5, 5.41) is 2.24. The molecule has 3 aromatic rings. The summed E-state index contributed by atoms with van der Waals surface area (Å²) in [5.41, 5.74) is 1.42. The first-order valence-electron chi connectivity index (χ1n) is 7.95. The Morgan fingerprint density at radius 1 is 0.652 bits per heavy atom. The van der Waals surface area contributed by atoms with Crippen molar-refractivity contribution in [2.75, 3.05) is 0 Å². The Bertz CT molecular complexity index is 743. The van der Waals surface area contributed by atoms with E-state index in [2.05, 4.69) is 75.0 Å². The van der Waals surface area contributed by atoms with Gasteiger partial charge in [0, 0.05) is 15.3 Å². The van der Waals surface area contributed by atoms with Gasteiger partial charge in [0.1, 0.15) is 0 Å². The Morgan fingerprint density at radius 2 is 1.17 bits per heavy atom. The van der Waals surface area contributed by atoms with E-state index < -0.39 is 16.1 Å². The Hall–Kier alpha value is -0.466. The fraction of sp³-hybridized carbons (Fsp3) is 0.333. The van der Waals surface area contributed by atoms with Gasteiger partial charge in [-0.1, -0.05) is 51.4 Å². The molecule has 0 amide bonds. The van der Waals surface area contributed by atoms with Crippen LogP contribution in [0.4, 0.5) is 0 Å². The lowest BCUT2D eigenvalue weighted by Gasteiger charge is -2.12. The third-order valence-electron chi connectivity index (χ3n) is 3.84. The maximum Gasteiger partial charge on any atom is 0.0904 e. The minimum Gasteiger partial charge on any atom is -0.145 e. The zero-order chi connectivity index (χ0) is 16.8. The summed E-state index contributed by atoms with van der Waals surface area (Å²) in [6.45, 7) is 14.6. The summed E-state index contributed by atoms with van der Waals surface area (Å²) < 4.78 is 3.19. The van der Waals surface area contributed by atoms with Crippen molar-refractivity contribution in [1.29, 1.82) is 0 Å². The maximum atomic E-state index is 2.43. The van der Waals surface area contributed by atoms with Gasteiger partial charge in [-0.2, -0.15) is 0 Å². The standard InChI is InChI=1S/C18H24S3Si2/c1-22(2,3)16-9-7-14(20-16)13-11-12-19-18(13)15-8-10-17(21-15)23(4,5)6/h7-12H,1-6H3. The molecule has 0 fully saturated rings. The van der Waals surface area contributed by atoms with Gasteiger partial charge in [-0.15, -0.1) is 34.0 Å². The fourth-order valence-electron chi connectivity index (χ4n) is 2.44. The van der Waals surface area contributed by atoms with E-state index in [1.165, 1.54) is 20.2 Å². The van der Waals surface area contributed by atoms with E-state index in [1.807, 2.05) is 34.0 Å². The Morgan fingerprint density at radius 3 is 1.70 bits per heavy atom. The lowest BCUT2D eigenvalue weighted by molar-refractivity contribution is 1.78. The van der Waals surface area contributed by atoms with Gasteiger partial charge < -0.3 is 0 Å². The average molecular weight is 393 g/mol. The highest BCUT2D eigenvalue weighted by Gasteiger charge is 2.22. The summed E-state index contributed by atoms with van der Waals surface area (Å²) in [4.78, 5) is 4.32. The molecule has 0 nitrogen and oxygen atoms in total. The smallest absolute Gasteiger partial charge is 0.0904 e. The lowest BCUT2D eigenvalue weighted by Crippen LogP contribution is -2.34. The Balaban J connectivity index is 2.00. The van der Waals surface area contributed by atoms with Crippen LogP contribution in [0.3, 0.4) is 0 Å². The molecule has 0 radical (unpaired) electrons. The van der Waals surface area contributed by atoms with Crippen LogP contribution in [-0.4, -0.2) is 16.1 Å². The predicted octanol–water partition coefficient (Wildman–Crippen LogP) is 6.30. The highest BCUT2D eigenvalue weighted by Crippen LogP contribution is 2.40. The molecule has 0 saturated heterocycles. The zero-order valence-electron chi connectivity index (χ0n) is 14.7. The number of rotatable bonds is 4. The van der Waals surface area contributed by atoms with Crippen molar-refractivity contribution in [3.63, 3.8) is 0 Å². The second kappa shape index (κ2) is 6.11. The second-order valence-electron chi connectivity index (χ2n) is 7.99. The topological polar surface area (TPSA) is 0 Å². The second-order valence-corrected chi connectivity index (χ2v) is 21.9. The van der Waals surface area contributed by atoms with E-state index >= 15 is 0 Å². The molecule has 0 N–H and O–H groups in total. The first kappa shape index (κ1) is 17.4. The van der Waals surface area contributed by atoms with Gasteiger partial charge >= 0.3 is 0 Å². The van der Waals surface area contributed by atoms with E-state index in [9.17, 15) is 0 Å². The van der Waals surface area contributed by atoms with Crippen LogP contribution >= 0.6 is 34.0 Å². The van der Waals surface area contributed by atoms with Crippen LogP contribution in [0.25, 0.3) is 20.2 Å². The van der Waals surface area contributed by atoms with Crippen LogP contribution in [0.5, 0.6) is 0 Å². The van der Waals surface area contributed by atoms with Crippen LogP contribution < -0.4 is 9.00 Å². The molecule has 0 unspecified atom stereocenters. The molecule has 0 bridgehead atoms. The molecule has 0 aliphatic rings. The van der Waals surface area contributed by atoms with Crippen LogP contribution in [0.2, 0.25) is 39.3 Å². The third kappa shape index (κ3) is 3.64. The van der Waals surface area contributed by atoms with Crippen molar-refractivity contribution in [1.82, 2.24) is 0 Å². The van der Waals surface area contributed by atoms with E-state index in [4.69, 9.17) is 0 Å². The molecule has 0 saturated carbocycles. The molecular weight excluding hydrogens is 369 g/mol. The molecule has 0 atom stereocenters. The molecular formula is C18H24S3Si2. The van der Waals surface area contributed by atoms with Crippen LogP contribution in [0, 0.1) is 0 Å². The average Bonchev–Trinajstić information content (AvgIpc) is 3.16. The van der Waals surface area contributed by atoms with E-state index in [0.717, 1.165) is 0 Å². The molecule has 3 rings (SSSR count). The maximum absolute atomic E-state index is 2.43.